The van der Waals surface area contributed by atoms with Gasteiger partial charge < -0.3 is 0 Å². The summed E-state index contributed by atoms with van der Waals surface area (Å²) in [7, 11) is 0. The highest BCUT2D eigenvalue weighted by molar-refractivity contribution is 5.39. The van der Waals surface area contributed by atoms with Crippen LogP contribution in [-0.4, -0.2) is 0 Å². The highest BCUT2D eigenvalue weighted by atomic mass is 14.1. The van der Waals surface area contributed by atoms with Gasteiger partial charge in [-0.15, -0.1) is 0 Å². The first-order valence-corrected chi connectivity index (χ1v) is 5.60. The third-order valence-corrected chi connectivity index (χ3v) is 2.68. The summed E-state index contributed by atoms with van der Waals surface area (Å²) in [5, 5.41) is 0. The Balaban J connectivity index is 1.92. The lowest BCUT2D eigenvalue weighted by Crippen LogP contribution is -1.88. The molecule has 16 heavy (non-hydrogen) atoms. The van der Waals surface area contributed by atoms with Crippen molar-refractivity contribution in [2.75, 3.05) is 0 Å². The largest absolute Gasteiger partial charge is 0.0991 e. The van der Waals surface area contributed by atoms with Gasteiger partial charge in [-0.2, -0.15) is 0 Å². The van der Waals surface area contributed by atoms with Crippen LogP contribution in [0.3, 0.4) is 0 Å². The van der Waals surface area contributed by atoms with E-state index in [-0.39, 0.29) is 0 Å². The fraction of sp³-hybridized carbons (Fsp3) is 0.125. The molecule has 0 N–H and O–H groups in total. The molecule has 0 saturated heterocycles. The van der Waals surface area contributed by atoms with Crippen LogP contribution in [-0.2, 0) is 6.42 Å². The molecule has 0 bridgehead atoms. The molecule has 0 spiro atoms. The Hall–Kier alpha value is -1.82. The van der Waals surface area contributed by atoms with Crippen LogP contribution in [0.4, 0.5) is 0 Å². The molecule has 0 saturated carbocycles. The van der Waals surface area contributed by atoms with E-state index in [1.54, 1.807) is 0 Å². The standard InChI is InChI=1S/C16H16/c1-2-3-7-15-10-11-16(13-15)12-14-8-5-4-6-9-14/h2-11H,1,12-13H2/b7-3+. The van der Waals surface area contributed by atoms with E-state index in [4.69, 9.17) is 0 Å². The highest BCUT2D eigenvalue weighted by Crippen LogP contribution is 2.23. The van der Waals surface area contributed by atoms with Crippen molar-refractivity contribution in [1.82, 2.24) is 0 Å². The summed E-state index contributed by atoms with van der Waals surface area (Å²) in [4.78, 5) is 0. The van der Waals surface area contributed by atoms with Gasteiger partial charge in [0.25, 0.3) is 0 Å². The van der Waals surface area contributed by atoms with Crippen molar-refractivity contribution < 1.29 is 0 Å². The average Bonchev–Trinajstić information content (AvgIpc) is 2.75. The predicted molar refractivity (Wildman–Crippen MR) is 70.3 cm³/mol. The Bertz CT molecular complexity index is 444. The molecule has 0 heteroatoms. The minimum Gasteiger partial charge on any atom is -0.0991 e. The highest BCUT2D eigenvalue weighted by Gasteiger charge is 2.06. The molecule has 1 aliphatic rings. The predicted octanol–water partition coefficient (Wildman–Crippen LogP) is 4.23. The first kappa shape index (κ1) is 10.7. The van der Waals surface area contributed by atoms with Crippen molar-refractivity contribution in [3.8, 4) is 0 Å². The molecule has 1 aromatic carbocycles. The third-order valence-electron chi connectivity index (χ3n) is 2.68. The minimum absolute atomic E-state index is 1.06. The fourth-order valence-corrected chi connectivity index (χ4v) is 1.89. The first-order valence-electron chi connectivity index (χ1n) is 5.60. The zero-order chi connectivity index (χ0) is 11.2. The summed E-state index contributed by atoms with van der Waals surface area (Å²) < 4.78 is 0. The van der Waals surface area contributed by atoms with Gasteiger partial charge >= 0.3 is 0 Å². The van der Waals surface area contributed by atoms with Crippen molar-refractivity contribution >= 4 is 0 Å². The van der Waals surface area contributed by atoms with Crippen LogP contribution in [0.15, 0.2) is 78.4 Å². The van der Waals surface area contributed by atoms with Crippen LogP contribution < -0.4 is 0 Å². The van der Waals surface area contributed by atoms with Crippen LogP contribution in [0.2, 0.25) is 0 Å². The van der Waals surface area contributed by atoms with Gasteiger partial charge in [0.05, 0.1) is 0 Å². The Morgan fingerprint density at radius 2 is 1.94 bits per heavy atom. The molecule has 0 fully saturated rings. The average molecular weight is 208 g/mol. The summed E-state index contributed by atoms with van der Waals surface area (Å²) in [5.74, 6) is 0. The van der Waals surface area contributed by atoms with Gasteiger partial charge in [-0.25, -0.2) is 0 Å². The maximum atomic E-state index is 3.68. The van der Waals surface area contributed by atoms with Gasteiger partial charge in [0, 0.05) is 0 Å². The number of hydrogen-bond donors (Lipinski definition) is 0. The lowest BCUT2D eigenvalue weighted by Gasteiger charge is -2.02. The Morgan fingerprint density at radius 3 is 2.69 bits per heavy atom. The molecule has 0 unspecified atom stereocenters. The van der Waals surface area contributed by atoms with Gasteiger partial charge in [0.15, 0.2) is 0 Å². The van der Waals surface area contributed by atoms with Gasteiger partial charge in [-0.3, -0.25) is 0 Å². The van der Waals surface area contributed by atoms with E-state index in [1.807, 2.05) is 12.2 Å². The van der Waals surface area contributed by atoms with Crippen molar-refractivity contribution in [3.63, 3.8) is 0 Å². The maximum Gasteiger partial charge on any atom is -0.00607 e. The lowest BCUT2D eigenvalue weighted by atomic mass is 10.0. The van der Waals surface area contributed by atoms with Crippen molar-refractivity contribution in [3.05, 3.63) is 84.0 Å². The molecule has 80 valence electrons. The molecule has 1 aromatic rings. The molecule has 2 rings (SSSR count). The van der Waals surface area contributed by atoms with Gasteiger partial charge in [-0.05, 0) is 24.0 Å². The third kappa shape index (κ3) is 2.83. The molecule has 0 amide bonds. The Morgan fingerprint density at radius 1 is 1.12 bits per heavy atom. The molecule has 1 aliphatic carbocycles. The number of benzene rings is 1. The van der Waals surface area contributed by atoms with Crippen molar-refractivity contribution in [2.45, 2.75) is 12.8 Å². The zero-order valence-corrected chi connectivity index (χ0v) is 9.39. The topological polar surface area (TPSA) is 0 Å². The van der Waals surface area contributed by atoms with E-state index >= 15 is 0 Å². The smallest absolute Gasteiger partial charge is 0.00607 e. The van der Waals surface area contributed by atoms with Crippen LogP contribution in [0, 0.1) is 0 Å². The number of allylic oxidation sites excluding steroid dienone is 7. The lowest BCUT2D eigenvalue weighted by molar-refractivity contribution is 1.06. The van der Waals surface area contributed by atoms with E-state index < -0.39 is 0 Å². The normalized spacial score (nSPS) is 15.0. The number of rotatable bonds is 4. The molecular weight excluding hydrogens is 192 g/mol. The van der Waals surface area contributed by atoms with Crippen LogP contribution in [0.25, 0.3) is 0 Å². The van der Waals surface area contributed by atoms with E-state index in [2.05, 4.69) is 55.1 Å². The molecule has 0 aromatic heterocycles. The second kappa shape index (κ2) is 5.32. The van der Waals surface area contributed by atoms with E-state index in [0.29, 0.717) is 0 Å². The molecule has 0 radical (unpaired) electrons. The van der Waals surface area contributed by atoms with Crippen molar-refractivity contribution in [2.24, 2.45) is 0 Å². The SMILES string of the molecule is C=C/C=C/C1=CC=C(Cc2ccccc2)C1. The maximum absolute atomic E-state index is 3.68. The summed E-state index contributed by atoms with van der Waals surface area (Å²) >= 11 is 0. The van der Waals surface area contributed by atoms with Crippen LogP contribution in [0.1, 0.15) is 12.0 Å². The number of hydrogen-bond acceptors (Lipinski definition) is 0. The van der Waals surface area contributed by atoms with E-state index in [1.165, 1.54) is 16.7 Å². The molecule has 0 atom stereocenters. The summed E-state index contributed by atoms with van der Waals surface area (Å²) in [6, 6.07) is 10.6. The quantitative estimate of drug-likeness (QED) is 0.650. The second-order valence-electron chi connectivity index (χ2n) is 4.00. The van der Waals surface area contributed by atoms with Gasteiger partial charge in [0.1, 0.15) is 0 Å². The summed E-state index contributed by atoms with van der Waals surface area (Å²) in [6.07, 6.45) is 12.5. The van der Waals surface area contributed by atoms with Crippen LogP contribution >= 0.6 is 0 Å². The van der Waals surface area contributed by atoms with Crippen LogP contribution in [0.5, 0.6) is 0 Å². The minimum atomic E-state index is 1.06. The van der Waals surface area contributed by atoms with E-state index in [9.17, 15) is 0 Å². The molecule has 0 nitrogen and oxygen atoms in total. The fourth-order valence-electron chi connectivity index (χ4n) is 1.89. The summed E-state index contributed by atoms with van der Waals surface area (Å²) in [6.45, 7) is 3.68. The first-order chi connectivity index (χ1) is 7.88. The summed E-state index contributed by atoms with van der Waals surface area (Å²) in [5.41, 5.74) is 4.23. The Kier molecular flexibility index (Phi) is 3.55. The monoisotopic (exact) mass is 208 g/mol. The van der Waals surface area contributed by atoms with Crippen molar-refractivity contribution in [1.29, 1.82) is 0 Å². The Labute approximate surface area is 97.3 Å². The van der Waals surface area contributed by atoms with Gasteiger partial charge in [0.2, 0.25) is 0 Å². The molecule has 0 heterocycles. The van der Waals surface area contributed by atoms with Gasteiger partial charge in [-0.1, -0.05) is 72.9 Å². The second-order valence-corrected chi connectivity index (χ2v) is 4.00. The molecular formula is C16H16. The zero-order valence-electron chi connectivity index (χ0n) is 9.39. The van der Waals surface area contributed by atoms with E-state index in [0.717, 1.165) is 12.8 Å². The molecule has 0 aliphatic heterocycles.